The molecule has 1 fully saturated rings. The molecule has 1 saturated carbocycles. The zero-order valence-corrected chi connectivity index (χ0v) is 14.5. The third-order valence-electron chi connectivity index (χ3n) is 4.13. The van der Waals surface area contributed by atoms with Gasteiger partial charge in [-0.1, -0.05) is 19.3 Å². The molecule has 1 aliphatic carbocycles. The van der Waals surface area contributed by atoms with Crippen molar-refractivity contribution in [3.05, 3.63) is 0 Å². The van der Waals surface area contributed by atoms with Crippen molar-refractivity contribution in [3.63, 3.8) is 0 Å². The van der Waals surface area contributed by atoms with Crippen molar-refractivity contribution >= 4 is 17.9 Å². The Labute approximate surface area is 142 Å². The molecule has 0 aromatic heterocycles. The first-order valence-electron chi connectivity index (χ1n) is 8.45. The van der Waals surface area contributed by atoms with Gasteiger partial charge in [-0.15, -0.1) is 0 Å². The van der Waals surface area contributed by atoms with E-state index in [1.165, 1.54) is 20.5 Å². The van der Waals surface area contributed by atoms with E-state index in [0.29, 0.717) is 13.0 Å². The second-order valence-electron chi connectivity index (χ2n) is 6.46. The van der Waals surface area contributed by atoms with Gasteiger partial charge >= 0.3 is 12.0 Å². The Balaban J connectivity index is 2.20. The molecular weight excluding hydrogens is 314 g/mol. The Kier molecular flexibility index (Phi) is 8.53. The molecule has 0 aliphatic heterocycles. The van der Waals surface area contributed by atoms with E-state index in [2.05, 4.69) is 16.0 Å². The van der Waals surface area contributed by atoms with E-state index in [1.807, 2.05) is 0 Å². The number of hydrogen-bond donors (Lipinski definition) is 4. The highest BCUT2D eigenvalue weighted by Gasteiger charge is 2.34. The topological polar surface area (TPSA) is 117 Å². The Bertz CT molecular complexity index is 437. The predicted octanol–water partition coefficient (Wildman–Crippen LogP) is 1.00. The second kappa shape index (κ2) is 10.1. The van der Waals surface area contributed by atoms with Gasteiger partial charge in [0.2, 0.25) is 5.91 Å². The highest BCUT2D eigenvalue weighted by Crippen LogP contribution is 2.17. The van der Waals surface area contributed by atoms with Crippen LogP contribution in [0, 0.1) is 0 Å². The number of carboxylic acid groups (broad SMARTS) is 1. The maximum Gasteiger partial charge on any atom is 0.331 e. The Morgan fingerprint density at radius 3 is 2.46 bits per heavy atom. The molecule has 8 heteroatoms. The summed E-state index contributed by atoms with van der Waals surface area (Å²) in [6.07, 6.45) is 6.13. The van der Waals surface area contributed by atoms with Crippen molar-refractivity contribution in [1.82, 2.24) is 16.0 Å². The van der Waals surface area contributed by atoms with Crippen LogP contribution in [-0.2, 0) is 14.3 Å². The third-order valence-corrected chi connectivity index (χ3v) is 4.13. The lowest BCUT2D eigenvalue weighted by molar-refractivity contribution is -0.149. The molecule has 24 heavy (non-hydrogen) atoms. The highest BCUT2D eigenvalue weighted by molar-refractivity contribution is 5.86. The van der Waals surface area contributed by atoms with Crippen molar-refractivity contribution in [3.8, 4) is 0 Å². The lowest BCUT2D eigenvalue weighted by atomic mass is 9.96. The number of methoxy groups -OCH3 is 1. The fourth-order valence-electron chi connectivity index (χ4n) is 2.74. The van der Waals surface area contributed by atoms with Gasteiger partial charge in [-0.2, -0.15) is 0 Å². The fraction of sp³-hybridized carbons (Fsp3) is 0.812. The van der Waals surface area contributed by atoms with Crippen LogP contribution in [0.25, 0.3) is 0 Å². The maximum absolute atomic E-state index is 11.8. The van der Waals surface area contributed by atoms with Crippen molar-refractivity contribution in [2.24, 2.45) is 0 Å². The standard InChI is InChI=1S/C16H29N3O5/c1-16(11-24-2,14(21)22)19-13(20)9-6-10-17-15(23)18-12-7-4-3-5-8-12/h12H,3-11H2,1-2H3,(H,19,20)(H,21,22)(H2,17,18,23). The summed E-state index contributed by atoms with van der Waals surface area (Å²) >= 11 is 0. The zero-order valence-electron chi connectivity index (χ0n) is 14.5. The van der Waals surface area contributed by atoms with Crippen LogP contribution in [0.4, 0.5) is 4.79 Å². The number of ether oxygens (including phenoxy) is 1. The van der Waals surface area contributed by atoms with Crippen LogP contribution in [0.15, 0.2) is 0 Å². The van der Waals surface area contributed by atoms with Crippen LogP contribution in [-0.4, -0.2) is 54.9 Å². The van der Waals surface area contributed by atoms with Gasteiger partial charge in [-0.25, -0.2) is 9.59 Å². The zero-order chi connectivity index (χ0) is 18.0. The summed E-state index contributed by atoms with van der Waals surface area (Å²) in [5.41, 5.74) is -1.45. The van der Waals surface area contributed by atoms with Crippen LogP contribution in [0.3, 0.4) is 0 Å². The van der Waals surface area contributed by atoms with Gasteiger partial charge in [0, 0.05) is 26.1 Å². The molecule has 8 nitrogen and oxygen atoms in total. The van der Waals surface area contributed by atoms with Crippen LogP contribution in [0.5, 0.6) is 0 Å². The van der Waals surface area contributed by atoms with Gasteiger partial charge in [0.25, 0.3) is 0 Å². The number of carbonyl (C=O) groups excluding carboxylic acids is 2. The molecule has 0 bridgehead atoms. The van der Waals surface area contributed by atoms with Gasteiger partial charge in [-0.3, -0.25) is 4.79 Å². The number of carboxylic acids is 1. The average molecular weight is 343 g/mol. The largest absolute Gasteiger partial charge is 0.479 e. The number of carbonyl (C=O) groups is 3. The lowest BCUT2D eigenvalue weighted by Crippen LogP contribution is -2.55. The lowest BCUT2D eigenvalue weighted by Gasteiger charge is -2.25. The summed E-state index contributed by atoms with van der Waals surface area (Å²) in [5, 5.41) is 17.3. The molecule has 1 unspecified atom stereocenters. The Morgan fingerprint density at radius 1 is 1.21 bits per heavy atom. The van der Waals surface area contributed by atoms with E-state index in [4.69, 9.17) is 9.84 Å². The third kappa shape index (κ3) is 7.16. The summed E-state index contributed by atoms with van der Waals surface area (Å²) in [4.78, 5) is 34.8. The maximum atomic E-state index is 11.8. The van der Waals surface area contributed by atoms with Crippen LogP contribution < -0.4 is 16.0 Å². The highest BCUT2D eigenvalue weighted by atomic mass is 16.5. The predicted molar refractivity (Wildman–Crippen MR) is 88.7 cm³/mol. The molecule has 1 aliphatic rings. The molecule has 0 heterocycles. The first-order chi connectivity index (χ1) is 11.4. The number of amides is 3. The Morgan fingerprint density at radius 2 is 1.88 bits per heavy atom. The Hall–Kier alpha value is -1.83. The second-order valence-corrected chi connectivity index (χ2v) is 6.46. The van der Waals surface area contributed by atoms with Gasteiger partial charge in [0.15, 0.2) is 5.54 Å². The molecule has 1 atom stereocenters. The number of urea groups is 1. The SMILES string of the molecule is COCC(C)(NC(=O)CCCNC(=O)NC1CCCCC1)C(=O)O. The summed E-state index contributed by atoms with van der Waals surface area (Å²) < 4.78 is 4.84. The van der Waals surface area contributed by atoms with Gasteiger partial charge in [-0.05, 0) is 26.2 Å². The van der Waals surface area contributed by atoms with E-state index in [0.717, 1.165) is 25.7 Å². The van der Waals surface area contributed by atoms with E-state index in [9.17, 15) is 14.4 Å². The quantitative estimate of drug-likeness (QED) is 0.466. The molecule has 138 valence electrons. The molecule has 1 rings (SSSR count). The summed E-state index contributed by atoms with van der Waals surface area (Å²) in [7, 11) is 1.38. The van der Waals surface area contributed by atoms with Crippen molar-refractivity contribution < 1.29 is 24.2 Å². The van der Waals surface area contributed by atoms with Gasteiger partial charge < -0.3 is 25.8 Å². The monoisotopic (exact) mass is 343 g/mol. The number of aliphatic carboxylic acids is 1. The van der Waals surface area contributed by atoms with Crippen molar-refractivity contribution in [2.45, 2.75) is 63.5 Å². The van der Waals surface area contributed by atoms with Crippen LogP contribution in [0.2, 0.25) is 0 Å². The van der Waals surface area contributed by atoms with E-state index in [1.54, 1.807) is 0 Å². The summed E-state index contributed by atoms with van der Waals surface area (Å²) in [5.74, 6) is -1.53. The molecule has 0 radical (unpaired) electrons. The minimum atomic E-state index is -1.45. The molecule has 0 aromatic carbocycles. The van der Waals surface area contributed by atoms with E-state index < -0.39 is 11.5 Å². The molecule has 0 aromatic rings. The number of nitrogens with one attached hydrogen (secondary N) is 3. The first kappa shape index (κ1) is 20.2. The summed E-state index contributed by atoms with van der Waals surface area (Å²) in [6.45, 7) is 1.64. The fourth-order valence-corrected chi connectivity index (χ4v) is 2.74. The average Bonchev–Trinajstić information content (AvgIpc) is 2.52. The smallest absolute Gasteiger partial charge is 0.331 e. The molecule has 4 N–H and O–H groups in total. The minimum absolute atomic E-state index is 0.115. The molecule has 0 saturated heterocycles. The van der Waals surface area contributed by atoms with Crippen LogP contribution >= 0.6 is 0 Å². The molecular formula is C16H29N3O5. The number of rotatable bonds is 9. The molecule has 3 amide bonds. The van der Waals surface area contributed by atoms with Crippen molar-refractivity contribution in [1.29, 1.82) is 0 Å². The molecule has 0 spiro atoms. The van der Waals surface area contributed by atoms with E-state index >= 15 is 0 Å². The summed E-state index contributed by atoms with van der Waals surface area (Å²) in [6, 6.07) is 0.0319. The van der Waals surface area contributed by atoms with E-state index in [-0.39, 0.29) is 31.0 Å². The van der Waals surface area contributed by atoms with Crippen molar-refractivity contribution in [2.75, 3.05) is 20.3 Å². The number of hydrogen-bond acceptors (Lipinski definition) is 4. The minimum Gasteiger partial charge on any atom is -0.479 e. The van der Waals surface area contributed by atoms with Gasteiger partial charge in [0.05, 0.1) is 6.61 Å². The normalized spacial score (nSPS) is 17.6. The van der Waals surface area contributed by atoms with Gasteiger partial charge in [0.1, 0.15) is 0 Å². The van der Waals surface area contributed by atoms with Crippen LogP contribution in [0.1, 0.15) is 51.9 Å². The first-order valence-corrected chi connectivity index (χ1v) is 8.45.